The van der Waals surface area contributed by atoms with Gasteiger partial charge in [0.05, 0.1) is 6.04 Å². The molecule has 1 N–H and O–H groups in total. The van der Waals surface area contributed by atoms with E-state index in [0.717, 1.165) is 15.0 Å². The molecule has 0 spiro atoms. The predicted molar refractivity (Wildman–Crippen MR) is 67.0 cm³/mol. The minimum Gasteiger partial charge on any atom is -0.312 e. The van der Waals surface area contributed by atoms with Crippen molar-refractivity contribution in [3.8, 4) is 12.3 Å². The maximum atomic E-state index is 13.0. The molecule has 82 valence electrons. The molecule has 0 radical (unpaired) electrons. The first-order valence-corrected chi connectivity index (χ1v) is 5.86. The van der Waals surface area contributed by atoms with Crippen LogP contribution in [0.25, 0.3) is 10.1 Å². The summed E-state index contributed by atoms with van der Waals surface area (Å²) in [6.07, 6.45) is 5.96. The number of hydrogen-bond donors (Lipinski definition) is 1. The number of rotatable bonds is 3. The standard InChI is InChI=1S/C13H12FNS/c1-3-4-11(15-2)13-8-9-7-10(14)5-6-12(9)16-13/h1,5-8,11,15H,4H2,2H3. The number of terminal acetylenes is 1. The predicted octanol–water partition coefficient (Wildman–Crippen LogP) is 3.32. The number of hydrogen-bond acceptors (Lipinski definition) is 2. The summed E-state index contributed by atoms with van der Waals surface area (Å²) in [5, 5.41) is 4.11. The third kappa shape index (κ3) is 2.08. The van der Waals surface area contributed by atoms with Crippen LogP contribution in [-0.4, -0.2) is 7.05 Å². The van der Waals surface area contributed by atoms with Crippen LogP contribution in [0.2, 0.25) is 0 Å². The third-order valence-corrected chi connectivity index (χ3v) is 3.74. The monoisotopic (exact) mass is 233 g/mol. The van der Waals surface area contributed by atoms with Gasteiger partial charge in [-0.15, -0.1) is 23.7 Å². The Kier molecular flexibility index (Phi) is 3.23. The molecule has 3 heteroatoms. The van der Waals surface area contributed by atoms with Crippen LogP contribution >= 0.6 is 11.3 Å². The van der Waals surface area contributed by atoms with Gasteiger partial charge in [0.15, 0.2) is 0 Å². The second kappa shape index (κ2) is 4.65. The molecule has 1 unspecified atom stereocenters. The van der Waals surface area contributed by atoms with Gasteiger partial charge in [-0.25, -0.2) is 4.39 Å². The molecular weight excluding hydrogens is 221 g/mol. The minimum atomic E-state index is -0.199. The Labute approximate surface area is 98.3 Å². The van der Waals surface area contributed by atoms with Crippen molar-refractivity contribution < 1.29 is 4.39 Å². The van der Waals surface area contributed by atoms with Crippen molar-refractivity contribution in [2.45, 2.75) is 12.5 Å². The average Bonchev–Trinajstić information content (AvgIpc) is 2.68. The van der Waals surface area contributed by atoms with Crippen molar-refractivity contribution >= 4 is 21.4 Å². The Morgan fingerprint density at radius 2 is 2.31 bits per heavy atom. The Hall–Kier alpha value is -1.37. The maximum absolute atomic E-state index is 13.0. The van der Waals surface area contributed by atoms with Gasteiger partial charge in [-0.3, -0.25) is 0 Å². The SMILES string of the molecule is C#CCC(NC)c1cc2cc(F)ccc2s1. The normalized spacial score (nSPS) is 12.6. The molecule has 1 atom stereocenters. The molecule has 0 saturated heterocycles. The van der Waals surface area contributed by atoms with Gasteiger partial charge in [0, 0.05) is 16.0 Å². The summed E-state index contributed by atoms with van der Waals surface area (Å²) in [6.45, 7) is 0. The summed E-state index contributed by atoms with van der Waals surface area (Å²) in [5.41, 5.74) is 0. The summed E-state index contributed by atoms with van der Waals surface area (Å²) < 4.78 is 14.1. The van der Waals surface area contributed by atoms with E-state index in [9.17, 15) is 4.39 Å². The van der Waals surface area contributed by atoms with Crippen LogP contribution in [0.15, 0.2) is 24.3 Å². The van der Waals surface area contributed by atoms with Gasteiger partial charge in [0.2, 0.25) is 0 Å². The fourth-order valence-corrected chi connectivity index (χ4v) is 2.82. The van der Waals surface area contributed by atoms with Crippen LogP contribution in [0.4, 0.5) is 4.39 Å². The molecule has 1 heterocycles. The van der Waals surface area contributed by atoms with Gasteiger partial charge >= 0.3 is 0 Å². The summed E-state index contributed by atoms with van der Waals surface area (Å²) in [4.78, 5) is 1.15. The lowest BCUT2D eigenvalue weighted by molar-refractivity contribution is 0.622. The van der Waals surface area contributed by atoms with Crippen molar-refractivity contribution in [2.75, 3.05) is 7.05 Å². The van der Waals surface area contributed by atoms with Gasteiger partial charge < -0.3 is 5.32 Å². The van der Waals surface area contributed by atoms with Crippen LogP contribution < -0.4 is 5.32 Å². The number of halogens is 1. The zero-order chi connectivity index (χ0) is 11.5. The van der Waals surface area contributed by atoms with Gasteiger partial charge in [-0.2, -0.15) is 0 Å². The van der Waals surface area contributed by atoms with Crippen LogP contribution in [0.3, 0.4) is 0 Å². The highest BCUT2D eigenvalue weighted by Crippen LogP contribution is 2.31. The van der Waals surface area contributed by atoms with Crippen LogP contribution in [0.5, 0.6) is 0 Å². The molecule has 1 aromatic heterocycles. The van der Waals surface area contributed by atoms with E-state index >= 15 is 0 Å². The van der Waals surface area contributed by atoms with Crippen LogP contribution in [-0.2, 0) is 0 Å². The van der Waals surface area contributed by atoms with E-state index in [-0.39, 0.29) is 11.9 Å². The highest BCUT2D eigenvalue weighted by molar-refractivity contribution is 7.19. The molecule has 0 saturated carbocycles. The summed E-state index contributed by atoms with van der Waals surface area (Å²) in [7, 11) is 1.88. The molecule has 0 amide bonds. The number of fused-ring (bicyclic) bond motifs is 1. The number of thiophene rings is 1. The zero-order valence-electron chi connectivity index (χ0n) is 8.96. The summed E-state index contributed by atoms with van der Waals surface area (Å²) in [6, 6.07) is 7.00. The van der Waals surface area contributed by atoms with Gasteiger partial charge in [-0.1, -0.05) is 0 Å². The van der Waals surface area contributed by atoms with E-state index in [1.165, 1.54) is 6.07 Å². The highest BCUT2D eigenvalue weighted by Gasteiger charge is 2.11. The molecule has 16 heavy (non-hydrogen) atoms. The van der Waals surface area contributed by atoms with E-state index in [1.807, 2.05) is 13.1 Å². The second-order valence-electron chi connectivity index (χ2n) is 3.58. The van der Waals surface area contributed by atoms with Crippen molar-refractivity contribution in [2.24, 2.45) is 0 Å². The van der Waals surface area contributed by atoms with Crippen molar-refractivity contribution in [3.63, 3.8) is 0 Å². The van der Waals surface area contributed by atoms with Crippen LogP contribution in [0.1, 0.15) is 17.3 Å². The second-order valence-corrected chi connectivity index (χ2v) is 4.70. The Morgan fingerprint density at radius 3 is 3.00 bits per heavy atom. The summed E-state index contributed by atoms with van der Waals surface area (Å²) in [5.74, 6) is 2.44. The number of nitrogens with one attached hydrogen (secondary N) is 1. The zero-order valence-corrected chi connectivity index (χ0v) is 9.77. The van der Waals surface area contributed by atoms with Gasteiger partial charge in [0.1, 0.15) is 5.82 Å². The van der Waals surface area contributed by atoms with Gasteiger partial charge in [0.25, 0.3) is 0 Å². The quantitative estimate of drug-likeness (QED) is 0.802. The van der Waals surface area contributed by atoms with Crippen LogP contribution in [0, 0.1) is 18.2 Å². The highest BCUT2D eigenvalue weighted by atomic mass is 32.1. The molecular formula is C13H12FNS. The lowest BCUT2D eigenvalue weighted by Crippen LogP contribution is -2.14. The lowest BCUT2D eigenvalue weighted by atomic mass is 10.1. The lowest BCUT2D eigenvalue weighted by Gasteiger charge is -2.09. The molecule has 1 aromatic carbocycles. The van der Waals surface area contributed by atoms with Crippen molar-refractivity contribution in [1.82, 2.24) is 5.32 Å². The van der Waals surface area contributed by atoms with E-state index in [1.54, 1.807) is 23.5 Å². The van der Waals surface area contributed by atoms with Crippen molar-refractivity contribution in [1.29, 1.82) is 0 Å². The fourth-order valence-electron chi connectivity index (χ4n) is 1.67. The van der Waals surface area contributed by atoms with E-state index < -0.39 is 0 Å². The Morgan fingerprint density at radius 1 is 1.50 bits per heavy atom. The van der Waals surface area contributed by atoms with E-state index in [0.29, 0.717) is 6.42 Å². The first kappa shape index (κ1) is 11.1. The van der Waals surface area contributed by atoms with Crippen molar-refractivity contribution in [3.05, 3.63) is 35.0 Å². The largest absolute Gasteiger partial charge is 0.312 e. The average molecular weight is 233 g/mol. The fraction of sp³-hybridized carbons (Fsp3) is 0.231. The number of benzene rings is 1. The first-order valence-electron chi connectivity index (χ1n) is 5.04. The third-order valence-electron chi connectivity index (χ3n) is 2.51. The summed E-state index contributed by atoms with van der Waals surface area (Å²) >= 11 is 1.65. The first-order chi connectivity index (χ1) is 7.74. The smallest absolute Gasteiger partial charge is 0.123 e. The van der Waals surface area contributed by atoms with Gasteiger partial charge in [-0.05, 0) is 36.7 Å². The Balaban J connectivity index is 2.42. The molecule has 1 nitrogen and oxygen atoms in total. The molecule has 0 aliphatic rings. The molecule has 2 rings (SSSR count). The molecule has 0 bridgehead atoms. The minimum absolute atomic E-state index is 0.158. The molecule has 0 fully saturated rings. The molecule has 0 aliphatic carbocycles. The van der Waals surface area contributed by atoms with E-state index in [2.05, 4.69) is 11.2 Å². The molecule has 0 aliphatic heterocycles. The topological polar surface area (TPSA) is 12.0 Å². The molecule has 2 aromatic rings. The maximum Gasteiger partial charge on any atom is 0.123 e. The van der Waals surface area contributed by atoms with E-state index in [4.69, 9.17) is 6.42 Å². The Bertz CT molecular complexity index is 538.